The number of hydrogen-bond acceptors (Lipinski definition) is 3. The van der Waals surface area contributed by atoms with Gasteiger partial charge in [-0.15, -0.1) is 0 Å². The van der Waals surface area contributed by atoms with E-state index in [1.54, 1.807) is 6.07 Å². The summed E-state index contributed by atoms with van der Waals surface area (Å²) in [7, 11) is 0. The number of rotatable bonds is 5. The van der Waals surface area contributed by atoms with E-state index in [-0.39, 0.29) is 29.9 Å². The number of nitrogens with one attached hydrogen (secondary N) is 1. The fourth-order valence-corrected chi connectivity index (χ4v) is 3.62. The van der Waals surface area contributed by atoms with Crippen molar-refractivity contribution in [2.24, 2.45) is 0 Å². The zero-order valence-corrected chi connectivity index (χ0v) is 18.6. The van der Waals surface area contributed by atoms with E-state index in [4.69, 9.17) is 0 Å². The first kappa shape index (κ1) is 21.6. The van der Waals surface area contributed by atoms with Crippen molar-refractivity contribution in [1.82, 2.24) is 4.98 Å². The molecule has 1 fully saturated rings. The van der Waals surface area contributed by atoms with Crippen LogP contribution < -0.4 is 34.2 Å². The molecule has 1 aliphatic heterocycles. The molecule has 6 heteroatoms. The van der Waals surface area contributed by atoms with Gasteiger partial charge < -0.3 is 38.7 Å². The number of carbonyl (C=O) groups is 1. The number of halogens is 1. The van der Waals surface area contributed by atoms with Crippen LogP contribution in [-0.2, 0) is 0 Å². The predicted molar refractivity (Wildman–Crippen MR) is 107 cm³/mol. The minimum atomic E-state index is -0.174. The number of hydrogen-bond donors (Lipinski definition) is 1. The molecule has 2 aromatic rings. The van der Waals surface area contributed by atoms with Gasteiger partial charge in [-0.2, -0.15) is 0 Å². The van der Waals surface area contributed by atoms with E-state index in [0.29, 0.717) is 5.69 Å². The van der Waals surface area contributed by atoms with Crippen LogP contribution in [0.5, 0.6) is 0 Å². The van der Waals surface area contributed by atoms with E-state index in [1.807, 2.05) is 31.2 Å². The van der Waals surface area contributed by atoms with Gasteiger partial charge in [0, 0.05) is 17.1 Å². The van der Waals surface area contributed by atoms with Crippen molar-refractivity contribution in [3.8, 4) is 0 Å². The molecular formula is C21H29IN4O. The third kappa shape index (κ3) is 5.19. The molecule has 0 radical (unpaired) electrons. The topological polar surface area (TPSA) is 45.2 Å². The number of benzene rings is 1. The second-order valence-electron chi connectivity index (χ2n) is 7.07. The number of aryl methyl sites for hydroxylation is 1. The molecule has 0 saturated carbocycles. The largest absolute Gasteiger partial charge is 1.00 e. The number of aromatic nitrogens is 1. The quantitative estimate of drug-likeness (QED) is 0.496. The fraction of sp³-hybridized carbons (Fsp3) is 0.429. The van der Waals surface area contributed by atoms with E-state index in [2.05, 4.69) is 41.2 Å². The van der Waals surface area contributed by atoms with Crippen molar-refractivity contribution in [3.63, 3.8) is 0 Å². The Hall–Kier alpha value is -1.67. The molecule has 0 bridgehead atoms. The Labute approximate surface area is 179 Å². The SMILES string of the molecule is CC[N+]1(CC)CCN(c2ccc(NC(=O)c3cccc(C)n3)cc2)CC1.[I-]. The van der Waals surface area contributed by atoms with Gasteiger partial charge in [-0.1, -0.05) is 6.07 Å². The lowest BCUT2D eigenvalue weighted by Crippen LogP contribution is -3.00. The van der Waals surface area contributed by atoms with Crippen LogP contribution in [0.4, 0.5) is 11.4 Å². The van der Waals surface area contributed by atoms with Crippen molar-refractivity contribution in [2.45, 2.75) is 20.8 Å². The molecule has 0 atom stereocenters. The summed E-state index contributed by atoms with van der Waals surface area (Å²) in [5, 5.41) is 2.92. The second kappa shape index (κ2) is 9.50. The maximum atomic E-state index is 12.3. The van der Waals surface area contributed by atoms with Crippen LogP contribution in [0.3, 0.4) is 0 Å². The highest BCUT2D eigenvalue weighted by Crippen LogP contribution is 2.22. The molecule has 1 saturated heterocycles. The van der Waals surface area contributed by atoms with Gasteiger partial charge in [0.15, 0.2) is 0 Å². The van der Waals surface area contributed by atoms with Gasteiger partial charge in [-0.05, 0) is 57.2 Å². The average Bonchev–Trinajstić information content (AvgIpc) is 2.69. The van der Waals surface area contributed by atoms with Crippen LogP contribution in [0, 0.1) is 6.92 Å². The molecule has 1 aliphatic rings. The third-order valence-electron chi connectivity index (χ3n) is 5.64. The number of amides is 1. The van der Waals surface area contributed by atoms with Crippen LogP contribution >= 0.6 is 0 Å². The maximum absolute atomic E-state index is 12.3. The maximum Gasteiger partial charge on any atom is 0.274 e. The molecular weight excluding hydrogens is 451 g/mol. The zero-order valence-electron chi connectivity index (χ0n) is 16.4. The summed E-state index contributed by atoms with van der Waals surface area (Å²) < 4.78 is 1.22. The lowest BCUT2D eigenvalue weighted by molar-refractivity contribution is -0.925. The first-order valence-corrected chi connectivity index (χ1v) is 9.50. The summed E-state index contributed by atoms with van der Waals surface area (Å²) in [6.45, 7) is 13.5. The molecule has 1 aromatic heterocycles. The van der Waals surface area contributed by atoms with Gasteiger partial charge in [-0.3, -0.25) is 4.79 Å². The smallest absolute Gasteiger partial charge is 0.274 e. The van der Waals surface area contributed by atoms with Gasteiger partial charge >= 0.3 is 0 Å². The monoisotopic (exact) mass is 480 g/mol. The number of nitrogens with zero attached hydrogens (tertiary/aromatic N) is 3. The van der Waals surface area contributed by atoms with Crippen LogP contribution in [0.15, 0.2) is 42.5 Å². The first-order chi connectivity index (χ1) is 12.5. The van der Waals surface area contributed by atoms with Crippen molar-refractivity contribution in [1.29, 1.82) is 0 Å². The minimum Gasteiger partial charge on any atom is -1.00 e. The lowest BCUT2D eigenvalue weighted by Gasteiger charge is -2.44. The van der Waals surface area contributed by atoms with E-state index < -0.39 is 0 Å². The van der Waals surface area contributed by atoms with Gasteiger partial charge in [0.25, 0.3) is 5.91 Å². The normalized spacial score (nSPS) is 15.7. The number of quaternary nitrogens is 1. The molecule has 1 aromatic carbocycles. The zero-order chi connectivity index (χ0) is 18.6. The molecule has 0 spiro atoms. The Morgan fingerprint density at radius 3 is 2.26 bits per heavy atom. The number of likely N-dealkylation sites (N-methyl/N-ethyl adjacent to an activating group) is 1. The molecule has 3 rings (SSSR count). The third-order valence-corrected chi connectivity index (χ3v) is 5.64. The molecule has 1 N–H and O–H groups in total. The van der Waals surface area contributed by atoms with Crippen molar-refractivity contribution < 1.29 is 33.3 Å². The van der Waals surface area contributed by atoms with Crippen molar-refractivity contribution >= 4 is 17.3 Å². The van der Waals surface area contributed by atoms with E-state index in [0.717, 1.165) is 24.5 Å². The molecule has 146 valence electrons. The summed E-state index contributed by atoms with van der Waals surface area (Å²) in [4.78, 5) is 19.0. The highest BCUT2D eigenvalue weighted by molar-refractivity contribution is 6.02. The Morgan fingerprint density at radius 2 is 1.70 bits per heavy atom. The van der Waals surface area contributed by atoms with E-state index in [1.165, 1.54) is 36.3 Å². The standard InChI is InChI=1S/C21H28N4O.HI/c1-4-25(5-2)15-13-24(14-16-25)19-11-9-18(10-12-19)23-21(26)20-8-6-7-17(3)22-20;/h6-12H,4-5,13-16H2,1-3H3;1H. The minimum absolute atomic E-state index is 0. The Balaban J connectivity index is 0.00000261. The van der Waals surface area contributed by atoms with Gasteiger partial charge in [-0.25, -0.2) is 4.98 Å². The van der Waals surface area contributed by atoms with E-state index in [9.17, 15) is 4.79 Å². The van der Waals surface area contributed by atoms with Gasteiger partial charge in [0.05, 0.1) is 39.3 Å². The molecule has 2 heterocycles. The molecule has 0 aliphatic carbocycles. The van der Waals surface area contributed by atoms with Crippen molar-refractivity contribution in [2.75, 3.05) is 49.5 Å². The molecule has 1 amide bonds. The summed E-state index contributed by atoms with van der Waals surface area (Å²) >= 11 is 0. The molecule has 5 nitrogen and oxygen atoms in total. The summed E-state index contributed by atoms with van der Waals surface area (Å²) in [5.74, 6) is -0.174. The van der Waals surface area contributed by atoms with Crippen LogP contribution in [0.2, 0.25) is 0 Å². The number of pyridine rings is 1. The Morgan fingerprint density at radius 1 is 1.07 bits per heavy atom. The summed E-state index contributed by atoms with van der Waals surface area (Å²) in [6, 6.07) is 13.6. The van der Waals surface area contributed by atoms with Gasteiger partial charge in [0.2, 0.25) is 0 Å². The lowest BCUT2D eigenvalue weighted by atomic mass is 10.2. The van der Waals surface area contributed by atoms with Crippen LogP contribution in [-0.4, -0.2) is 54.6 Å². The Kier molecular flexibility index (Phi) is 7.61. The fourth-order valence-electron chi connectivity index (χ4n) is 3.62. The molecule has 0 unspecified atom stereocenters. The predicted octanol–water partition coefficient (Wildman–Crippen LogP) is 0.323. The highest BCUT2D eigenvalue weighted by atomic mass is 127. The van der Waals surface area contributed by atoms with Crippen LogP contribution in [0.1, 0.15) is 30.0 Å². The second-order valence-corrected chi connectivity index (χ2v) is 7.07. The Bertz CT molecular complexity index is 749. The summed E-state index contributed by atoms with van der Waals surface area (Å²) in [6.07, 6.45) is 0. The average molecular weight is 480 g/mol. The number of carbonyl (C=O) groups excluding carboxylic acids is 1. The molecule has 27 heavy (non-hydrogen) atoms. The van der Waals surface area contributed by atoms with Gasteiger partial charge in [0.1, 0.15) is 5.69 Å². The van der Waals surface area contributed by atoms with E-state index >= 15 is 0 Å². The number of piperazine rings is 1. The highest BCUT2D eigenvalue weighted by Gasteiger charge is 2.29. The van der Waals surface area contributed by atoms with Crippen LogP contribution in [0.25, 0.3) is 0 Å². The summed E-state index contributed by atoms with van der Waals surface area (Å²) in [5.41, 5.74) is 3.30. The van der Waals surface area contributed by atoms with Crippen molar-refractivity contribution in [3.05, 3.63) is 53.9 Å². The number of anilines is 2. The first-order valence-electron chi connectivity index (χ1n) is 9.50.